The lowest BCUT2D eigenvalue weighted by Crippen LogP contribution is -2.33. The van der Waals surface area contributed by atoms with Crippen molar-refractivity contribution >= 4 is 5.91 Å². The summed E-state index contributed by atoms with van der Waals surface area (Å²) in [6, 6.07) is 0. The van der Waals surface area contributed by atoms with Gasteiger partial charge in [-0.15, -0.1) is 6.58 Å². The topological polar surface area (TPSA) is 46.3 Å². The first-order chi connectivity index (χ1) is 4.70. The van der Waals surface area contributed by atoms with Crippen LogP contribution in [0.3, 0.4) is 0 Å². The van der Waals surface area contributed by atoms with E-state index in [2.05, 4.69) is 6.58 Å². The number of hydrogen-bond donors (Lipinski definition) is 1. The van der Waals surface area contributed by atoms with Crippen molar-refractivity contribution in [2.75, 3.05) is 19.6 Å². The van der Waals surface area contributed by atoms with Gasteiger partial charge in [0.25, 0.3) is 0 Å². The molecule has 2 N–H and O–H groups in total. The molecule has 3 heteroatoms. The largest absolute Gasteiger partial charge is 0.369 e. The van der Waals surface area contributed by atoms with E-state index in [-0.39, 0.29) is 5.91 Å². The molecule has 0 bridgehead atoms. The molecule has 0 saturated heterocycles. The number of nitrogens with zero attached hydrogens (tertiary/aromatic N) is 1. The van der Waals surface area contributed by atoms with Crippen molar-refractivity contribution in [3.8, 4) is 0 Å². The maximum absolute atomic E-state index is 10.4. The molecule has 0 aromatic carbocycles. The van der Waals surface area contributed by atoms with Gasteiger partial charge >= 0.3 is 0 Å². The van der Waals surface area contributed by atoms with Crippen LogP contribution < -0.4 is 5.73 Å². The summed E-state index contributed by atoms with van der Waals surface area (Å²) in [5, 5.41) is 0. The number of amides is 1. The smallest absolute Gasteiger partial charge is 0.231 e. The van der Waals surface area contributed by atoms with Crippen LogP contribution in [0.15, 0.2) is 12.7 Å². The van der Waals surface area contributed by atoms with Gasteiger partial charge < -0.3 is 5.73 Å². The van der Waals surface area contributed by atoms with E-state index in [1.165, 1.54) is 0 Å². The van der Waals surface area contributed by atoms with E-state index in [0.717, 1.165) is 13.1 Å². The van der Waals surface area contributed by atoms with Crippen molar-refractivity contribution in [3.05, 3.63) is 12.7 Å². The Morgan fingerprint density at radius 3 is 2.70 bits per heavy atom. The predicted octanol–water partition coefficient (Wildman–Crippen LogP) is -0.0204. The molecule has 10 heavy (non-hydrogen) atoms. The zero-order valence-corrected chi connectivity index (χ0v) is 6.34. The molecule has 0 fully saturated rings. The fourth-order valence-corrected chi connectivity index (χ4v) is 0.708. The van der Waals surface area contributed by atoms with Crippen molar-refractivity contribution in [3.63, 3.8) is 0 Å². The van der Waals surface area contributed by atoms with E-state index < -0.39 is 0 Å². The average molecular weight is 142 g/mol. The molecular formula is C7H14N2O. The third-order valence-electron chi connectivity index (χ3n) is 1.21. The molecule has 0 rings (SSSR count). The van der Waals surface area contributed by atoms with Crippen LogP contribution in [-0.4, -0.2) is 30.4 Å². The lowest BCUT2D eigenvalue weighted by molar-refractivity contribution is -0.119. The molecule has 3 nitrogen and oxygen atoms in total. The van der Waals surface area contributed by atoms with E-state index in [4.69, 9.17) is 5.73 Å². The van der Waals surface area contributed by atoms with E-state index in [9.17, 15) is 4.79 Å². The van der Waals surface area contributed by atoms with Crippen molar-refractivity contribution in [1.29, 1.82) is 0 Å². The number of primary amides is 1. The van der Waals surface area contributed by atoms with Crippen LogP contribution in [0.2, 0.25) is 0 Å². The fourth-order valence-electron chi connectivity index (χ4n) is 0.708. The van der Waals surface area contributed by atoms with Gasteiger partial charge in [-0.3, -0.25) is 9.69 Å². The van der Waals surface area contributed by atoms with Crippen molar-refractivity contribution in [2.45, 2.75) is 6.92 Å². The average Bonchev–Trinajstić information content (AvgIpc) is 1.86. The summed E-state index contributed by atoms with van der Waals surface area (Å²) >= 11 is 0. The first-order valence-electron chi connectivity index (χ1n) is 3.32. The monoisotopic (exact) mass is 142 g/mol. The van der Waals surface area contributed by atoms with Gasteiger partial charge in [0.1, 0.15) is 0 Å². The van der Waals surface area contributed by atoms with Crippen LogP contribution in [0.4, 0.5) is 0 Å². The van der Waals surface area contributed by atoms with Gasteiger partial charge in [0.2, 0.25) is 5.91 Å². The standard InChI is InChI=1S/C7H14N2O/c1-3-5-9(4-2)6-7(8)10/h3H,1,4-6H2,2H3,(H2,8,10). The van der Waals surface area contributed by atoms with Gasteiger partial charge in [0.05, 0.1) is 6.54 Å². The number of nitrogens with two attached hydrogens (primary N) is 1. The first-order valence-corrected chi connectivity index (χ1v) is 3.32. The van der Waals surface area contributed by atoms with E-state index in [1.807, 2.05) is 11.8 Å². The number of carbonyl (C=O) groups excluding carboxylic acids is 1. The maximum Gasteiger partial charge on any atom is 0.231 e. The van der Waals surface area contributed by atoms with Crippen LogP contribution in [0, 0.1) is 0 Å². The van der Waals surface area contributed by atoms with Gasteiger partial charge in [-0.05, 0) is 6.54 Å². The zero-order valence-electron chi connectivity index (χ0n) is 6.34. The van der Waals surface area contributed by atoms with Gasteiger partial charge in [-0.25, -0.2) is 0 Å². The van der Waals surface area contributed by atoms with E-state index in [1.54, 1.807) is 6.08 Å². The summed E-state index contributed by atoms with van der Waals surface area (Å²) in [6.45, 7) is 7.41. The van der Waals surface area contributed by atoms with Gasteiger partial charge in [0, 0.05) is 6.54 Å². The quantitative estimate of drug-likeness (QED) is 0.548. The normalized spacial score (nSPS) is 9.80. The molecule has 0 aliphatic carbocycles. The highest BCUT2D eigenvalue weighted by Gasteiger charge is 2.01. The Morgan fingerprint density at radius 1 is 1.80 bits per heavy atom. The Hall–Kier alpha value is -0.830. The minimum Gasteiger partial charge on any atom is -0.369 e. The molecule has 0 spiro atoms. The molecule has 0 saturated carbocycles. The molecule has 0 aromatic heterocycles. The molecule has 0 atom stereocenters. The molecule has 0 unspecified atom stereocenters. The Kier molecular flexibility index (Phi) is 4.58. The second kappa shape index (κ2) is 4.99. The zero-order chi connectivity index (χ0) is 7.98. The first kappa shape index (κ1) is 9.17. The molecular weight excluding hydrogens is 128 g/mol. The van der Waals surface area contributed by atoms with Gasteiger partial charge in [-0.1, -0.05) is 13.0 Å². The van der Waals surface area contributed by atoms with Crippen LogP contribution in [0.5, 0.6) is 0 Å². The second-order valence-corrected chi connectivity index (χ2v) is 2.08. The van der Waals surface area contributed by atoms with Crippen molar-refractivity contribution in [1.82, 2.24) is 4.90 Å². The lowest BCUT2D eigenvalue weighted by atomic mass is 10.4. The third kappa shape index (κ3) is 4.09. The van der Waals surface area contributed by atoms with E-state index >= 15 is 0 Å². The van der Waals surface area contributed by atoms with Gasteiger partial charge in [-0.2, -0.15) is 0 Å². The lowest BCUT2D eigenvalue weighted by Gasteiger charge is -2.14. The molecule has 0 heterocycles. The highest BCUT2D eigenvalue weighted by molar-refractivity contribution is 5.75. The highest BCUT2D eigenvalue weighted by Crippen LogP contribution is 1.85. The van der Waals surface area contributed by atoms with Crippen molar-refractivity contribution < 1.29 is 4.79 Å². The Bertz CT molecular complexity index is 123. The molecule has 1 amide bonds. The van der Waals surface area contributed by atoms with Crippen LogP contribution in [-0.2, 0) is 4.79 Å². The highest BCUT2D eigenvalue weighted by atomic mass is 16.1. The maximum atomic E-state index is 10.4. The Labute approximate surface area is 61.5 Å². The number of carbonyl (C=O) groups is 1. The minimum absolute atomic E-state index is 0.288. The summed E-state index contributed by atoms with van der Waals surface area (Å²) in [5.74, 6) is -0.288. The second-order valence-electron chi connectivity index (χ2n) is 2.08. The SMILES string of the molecule is C=CCN(CC)CC(N)=O. The molecule has 0 radical (unpaired) electrons. The Morgan fingerprint density at radius 2 is 2.40 bits per heavy atom. The molecule has 58 valence electrons. The predicted molar refractivity (Wildman–Crippen MR) is 41.5 cm³/mol. The summed E-state index contributed by atoms with van der Waals surface area (Å²) in [5.41, 5.74) is 4.98. The molecule has 0 aliphatic heterocycles. The fraction of sp³-hybridized carbons (Fsp3) is 0.571. The summed E-state index contributed by atoms with van der Waals surface area (Å²) in [7, 11) is 0. The summed E-state index contributed by atoms with van der Waals surface area (Å²) < 4.78 is 0. The third-order valence-corrected chi connectivity index (χ3v) is 1.21. The summed E-state index contributed by atoms with van der Waals surface area (Å²) in [4.78, 5) is 12.3. The molecule has 0 aliphatic rings. The number of rotatable bonds is 5. The number of likely N-dealkylation sites (N-methyl/N-ethyl adjacent to an activating group) is 1. The van der Waals surface area contributed by atoms with Crippen LogP contribution in [0.25, 0.3) is 0 Å². The molecule has 0 aromatic rings. The Balaban J connectivity index is 3.59. The minimum atomic E-state index is -0.288. The summed E-state index contributed by atoms with van der Waals surface area (Å²) in [6.07, 6.45) is 1.76. The van der Waals surface area contributed by atoms with Gasteiger partial charge in [0.15, 0.2) is 0 Å². The van der Waals surface area contributed by atoms with Crippen LogP contribution >= 0.6 is 0 Å². The van der Waals surface area contributed by atoms with E-state index in [0.29, 0.717) is 6.54 Å². The van der Waals surface area contributed by atoms with Crippen molar-refractivity contribution in [2.24, 2.45) is 5.73 Å². The number of hydrogen-bond acceptors (Lipinski definition) is 2. The van der Waals surface area contributed by atoms with Crippen LogP contribution in [0.1, 0.15) is 6.92 Å².